The lowest BCUT2D eigenvalue weighted by atomic mass is 10.1. The maximum atomic E-state index is 12.7. The summed E-state index contributed by atoms with van der Waals surface area (Å²) in [6.45, 7) is 4.75. The summed E-state index contributed by atoms with van der Waals surface area (Å²) in [5.41, 5.74) is 0.539. The number of benzene rings is 1. The number of nitrogens with zero attached hydrogens (tertiary/aromatic N) is 1. The van der Waals surface area contributed by atoms with Crippen LogP contribution in [0.5, 0.6) is 0 Å². The zero-order chi connectivity index (χ0) is 18.3. The second kappa shape index (κ2) is 9.17. The van der Waals surface area contributed by atoms with Crippen molar-refractivity contribution in [1.29, 1.82) is 0 Å². The van der Waals surface area contributed by atoms with Gasteiger partial charge in [-0.15, -0.1) is 0 Å². The van der Waals surface area contributed by atoms with Crippen LogP contribution in [0.2, 0.25) is 0 Å². The smallest absolute Gasteiger partial charge is 0.335 e. The molecule has 1 heterocycles. The van der Waals surface area contributed by atoms with Crippen molar-refractivity contribution in [3.05, 3.63) is 23.8 Å². The maximum Gasteiger partial charge on any atom is 0.335 e. The standard InChI is InChI=1S/C17H26N2O5S/c1-2-24-12-6-9-18-25(22,23)16-13-14(17(20)21)7-8-15(16)19-10-4-3-5-11-19/h7-8,13,18H,2-6,9-12H2,1H3,(H,20,21). The number of hydrogen-bond donors (Lipinski definition) is 2. The molecule has 0 bridgehead atoms. The second-order valence-electron chi connectivity index (χ2n) is 5.98. The van der Waals surface area contributed by atoms with Crippen molar-refractivity contribution in [2.75, 3.05) is 37.7 Å². The van der Waals surface area contributed by atoms with Gasteiger partial charge in [-0.2, -0.15) is 0 Å². The van der Waals surface area contributed by atoms with Crippen LogP contribution in [0.3, 0.4) is 0 Å². The van der Waals surface area contributed by atoms with Crippen LogP contribution in [-0.2, 0) is 14.8 Å². The minimum Gasteiger partial charge on any atom is -0.478 e. The Kier molecular flexibility index (Phi) is 7.22. The predicted molar refractivity (Wildman–Crippen MR) is 95.8 cm³/mol. The molecule has 0 spiro atoms. The SMILES string of the molecule is CCOCCCNS(=O)(=O)c1cc(C(=O)O)ccc1N1CCCCC1. The number of carboxylic acid groups (broad SMARTS) is 1. The van der Waals surface area contributed by atoms with Crippen LogP contribution < -0.4 is 9.62 Å². The molecule has 2 rings (SSSR count). The Hall–Kier alpha value is -1.64. The van der Waals surface area contributed by atoms with E-state index >= 15 is 0 Å². The minimum absolute atomic E-state index is 0.0320. The summed E-state index contributed by atoms with van der Waals surface area (Å²) in [6.07, 6.45) is 3.69. The fourth-order valence-electron chi connectivity index (χ4n) is 2.86. The summed E-state index contributed by atoms with van der Waals surface area (Å²) in [7, 11) is -3.79. The third-order valence-electron chi connectivity index (χ3n) is 4.15. The summed E-state index contributed by atoms with van der Waals surface area (Å²) < 4.78 is 33.2. The largest absolute Gasteiger partial charge is 0.478 e. The molecule has 1 aromatic carbocycles. The van der Waals surface area contributed by atoms with Gasteiger partial charge in [0.2, 0.25) is 10.0 Å². The molecule has 1 aliphatic rings. The molecule has 0 aromatic heterocycles. The quantitative estimate of drug-likeness (QED) is 0.646. The molecule has 0 atom stereocenters. The Bertz CT molecular complexity index is 684. The van der Waals surface area contributed by atoms with E-state index in [9.17, 15) is 18.3 Å². The molecule has 2 N–H and O–H groups in total. The van der Waals surface area contributed by atoms with Crippen molar-refractivity contribution in [3.63, 3.8) is 0 Å². The van der Waals surface area contributed by atoms with E-state index in [1.54, 1.807) is 6.07 Å². The lowest BCUT2D eigenvalue weighted by Gasteiger charge is -2.30. The second-order valence-corrected chi connectivity index (χ2v) is 7.72. The first-order valence-electron chi connectivity index (χ1n) is 8.65. The number of nitrogens with one attached hydrogen (secondary N) is 1. The summed E-state index contributed by atoms with van der Waals surface area (Å²) in [5, 5.41) is 9.20. The van der Waals surface area contributed by atoms with Gasteiger partial charge >= 0.3 is 5.97 Å². The van der Waals surface area contributed by atoms with E-state index in [-0.39, 0.29) is 17.0 Å². The van der Waals surface area contributed by atoms with Crippen LogP contribution >= 0.6 is 0 Å². The zero-order valence-electron chi connectivity index (χ0n) is 14.5. The zero-order valence-corrected chi connectivity index (χ0v) is 15.3. The van der Waals surface area contributed by atoms with Crippen LogP contribution in [0.1, 0.15) is 43.0 Å². The molecule has 8 heteroatoms. The fraction of sp³-hybridized carbons (Fsp3) is 0.588. The molecule has 140 valence electrons. The van der Waals surface area contributed by atoms with Crippen molar-refractivity contribution in [1.82, 2.24) is 4.72 Å². The molecule has 0 aliphatic carbocycles. The molecule has 0 radical (unpaired) electrons. The molecule has 1 fully saturated rings. The summed E-state index contributed by atoms with van der Waals surface area (Å²) in [6, 6.07) is 4.31. The van der Waals surface area contributed by atoms with Crippen LogP contribution in [0, 0.1) is 0 Å². The van der Waals surface area contributed by atoms with Gasteiger partial charge in [-0.3, -0.25) is 0 Å². The van der Waals surface area contributed by atoms with Crippen molar-refractivity contribution >= 4 is 21.7 Å². The molecule has 1 aromatic rings. The first-order valence-corrected chi connectivity index (χ1v) is 10.1. The summed E-state index contributed by atoms with van der Waals surface area (Å²) >= 11 is 0. The average Bonchev–Trinajstić information content (AvgIpc) is 2.61. The Labute approximate surface area is 149 Å². The Balaban J connectivity index is 2.24. The van der Waals surface area contributed by atoms with E-state index in [1.807, 2.05) is 11.8 Å². The lowest BCUT2D eigenvalue weighted by molar-refractivity contribution is 0.0696. The lowest BCUT2D eigenvalue weighted by Crippen LogP contribution is -2.33. The molecule has 0 unspecified atom stereocenters. The maximum absolute atomic E-state index is 12.7. The van der Waals surface area contributed by atoms with Crippen molar-refractivity contribution < 1.29 is 23.1 Å². The molecule has 25 heavy (non-hydrogen) atoms. The monoisotopic (exact) mass is 370 g/mol. The van der Waals surface area contributed by atoms with E-state index in [2.05, 4.69) is 4.72 Å². The van der Waals surface area contributed by atoms with Crippen molar-refractivity contribution in [2.45, 2.75) is 37.5 Å². The molecule has 7 nitrogen and oxygen atoms in total. The van der Waals surface area contributed by atoms with Gasteiger partial charge in [-0.05, 0) is 50.8 Å². The molecular weight excluding hydrogens is 344 g/mol. The van der Waals surface area contributed by atoms with E-state index in [1.165, 1.54) is 12.1 Å². The average molecular weight is 370 g/mol. The number of sulfonamides is 1. The normalized spacial score (nSPS) is 15.3. The molecule has 1 saturated heterocycles. The highest BCUT2D eigenvalue weighted by molar-refractivity contribution is 7.89. The molecule has 0 amide bonds. The highest BCUT2D eigenvalue weighted by Crippen LogP contribution is 2.29. The number of carboxylic acids is 1. The van der Waals surface area contributed by atoms with Gasteiger partial charge in [-0.1, -0.05) is 0 Å². The number of rotatable bonds is 9. The van der Waals surface area contributed by atoms with Gasteiger partial charge in [0.05, 0.1) is 11.3 Å². The topological polar surface area (TPSA) is 95.9 Å². The predicted octanol–water partition coefficient (Wildman–Crippen LogP) is 2.08. The van der Waals surface area contributed by atoms with Crippen LogP contribution in [0.4, 0.5) is 5.69 Å². The number of carbonyl (C=O) groups is 1. The number of aromatic carboxylic acids is 1. The van der Waals surface area contributed by atoms with Gasteiger partial charge in [0.15, 0.2) is 0 Å². The summed E-state index contributed by atoms with van der Waals surface area (Å²) in [4.78, 5) is 13.3. The first kappa shape index (κ1) is 19.7. The minimum atomic E-state index is -3.79. The van der Waals surface area contributed by atoms with E-state index in [0.29, 0.717) is 25.3 Å². The molecule has 1 aliphatic heterocycles. The van der Waals surface area contributed by atoms with E-state index in [4.69, 9.17) is 4.74 Å². The van der Waals surface area contributed by atoms with Crippen LogP contribution in [0.25, 0.3) is 0 Å². The third-order valence-corrected chi connectivity index (χ3v) is 5.64. The van der Waals surface area contributed by atoms with Gasteiger partial charge in [0.1, 0.15) is 4.90 Å². The van der Waals surface area contributed by atoms with Gasteiger partial charge < -0.3 is 14.7 Å². The third kappa shape index (κ3) is 5.42. The molecule has 0 saturated carbocycles. The number of ether oxygens (including phenoxy) is 1. The fourth-order valence-corrected chi connectivity index (χ4v) is 4.18. The number of anilines is 1. The van der Waals surface area contributed by atoms with Gasteiger partial charge in [-0.25, -0.2) is 17.9 Å². The molecular formula is C17H26N2O5S. The Morgan fingerprint density at radius 3 is 2.64 bits per heavy atom. The summed E-state index contributed by atoms with van der Waals surface area (Å²) in [5.74, 6) is -1.14. The van der Waals surface area contributed by atoms with Crippen molar-refractivity contribution in [2.24, 2.45) is 0 Å². The van der Waals surface area contributed by atoms with Crippen LogP contribution in [-0.4, -0.2) is 52.3 Å². The van der Waals surface area contributed by atoms with Gasteiger partial charge in [0, 0.05) is 32.8 Å². The highest BCUT2D eigenvalue weighted by atomic mass is 32.2. The van der Waals surface area contributed by atoms with E-state index in [0.717, 1.165) is 32.4 Å². The Morgan fingerprint density at radius 1 is 1.28 bits per heavy atom. The van der Waals surface area contributed by atoms with E-state index < -0.39 is 16.0 Å². The number of piperidine rings is 1. The highest BCUT2D eigenvalue weighted by Gasteiger charge is 2.24. The van der Waals surface area contributed by atoms with Gasteiger partial charge in [0.25, 0.3) is 0 Å². The van der Waals surface area contributed by atoms with Crippen molar-refractivity contribution in [3.8, 4) is 0 Å². The number of hydrogen-bond acceptors (Lipinski definition) is 5. The van der Waals surface area contributed by atoms with Crippen LogP contribution in [0.15, 0.2) is 23.1 Å². The Morgan fingerprint density at radius 2 is 2.00 bits per heavy atom. The first-order chi connectivity index (χ1) is 12.0.